The molecule has 0 radical (unpaired) electrons. The first-order valence-corrected chi connectivity index (χ1v) is 5.04. The monoisotopic (exact) mass is 207 g/mol. The second kappa shape index (κ2) is 6.19. The highest BCUT2D eigenvalue weighted by Gasteiger charge is 2.06. The van der Waals surface area contributed by atoms with Crippen LogP contribution in [-0.2, 0) is 9.53 Å². The maximum absolute atomic E-state index is 11.1. The summed E-state index contributed by atoms with van der Waals surface area (Å²) in [5.41, 5.74) is 1.23. The first kappa shape index (κ1) is 11.7. The molecule has 0 fully saturated rings. The fourth-order valence-electron chi connectivity index (χ4n) is 1.35. The fraction of sp³-hybridized carbons (Fsp3) is 0.417. The molecular formula is C12H17NO2. The van der Waals surface area contributed by atoms with Gasteiger partial charge in [0.1, 0.15) is 6.61 Å². The predicted molar refractivity (Wildman–Crippen MR) is 59.7 cm³/mol. The summed E-state index contributed by atoms with van der Waals surface area (Å²) in [7, 11) is 1.51. The van der Waals surface area contributed by atoms with Crippen LogP contribution in [-0.4, -0.2) is 26.2 Å². The third-order valence-electron chi connectivity index (χ3n) is 2.25. The van der Waals surface area contributed by atoms with Gasteiger partial charge in [0.05, 0.1) is 0 Å². The van der Waals surface area contributed by atoms with E-state index in [1.54, 1.807) is 0 Å². The van der Waals surface area contributed by atoms with Crippen molar-refractivity contribution < 1.29 is 9.53 Å². The lowest BCUT2D eigenvalue weighted by Crippen LogP contribution is -2.30. The summed E-state index contributed by atoms with van der Waals surface area (Å²) in [6, 6.07) is 10.1. The first-order chi connectivity index (χ1) is 7.24. The van der Waals surface area contributed by atoms with Gasteiger partial charge in [0.25, 0.3) is 0 Å². The van der Waals surface area contributed by atoms with Crippen molar-refractivity contribution in [3.63, 3.8) is 0 Å². The van der Waals surface area contributed by atoms with E-state index in [0.717, 1.165) is 0 Å². The number of carbonyl (C=O) groups excluding carboxylic acids is 1. The average Bonchev–Trinajstić information content (AvgIpc) is 2.27. The van der Waals surface area contributed by atoms with E-state index in [4.69, 9.17) is 4.74 Å². The lowest BCUT2D eigenvalue weighted by atomic mass is 10.0. The highest BCUT2D eigenvalue weighted by Crippen LogP contribution is 2.12. The third kappa shape index (κ3) is 4.13. The minimum Gasteiger partial charge on any atom is -0.375 e. The maximum atomic E-state index is 11.1. The summed E-state index contributed by atoms with van der Waals surface area (Å²) >= 11 is 0. The molecule has 0 saturated carbocycles. The van der Waals surface area contributed by atoms with Crippen molar-refractivity contribution in [2.75, 3.05) is 20.3 Å². The van der Waals surface area contributed by atoms with E-state index < -0.39 is 0 Å². The summed E-state index contributed by atoms with van der Waals surface area (Å²) in [5, 5.41) is 2.82. The van der Waals surface area contributed by atoms with Gasteiger partial charge in [-0.1, -0.05) is 37.3 Å². The number of nitrogens with one attached hydrogen (secondary N) is 1. The maximum Gasteiger partial charge on any atom is 0.246 e. The van der Waals surface area contributed by atoms with E-state index in [1.165, 1.54) is 12.7 Å². The largest absolute Gasteiger partial charge is 0.375 e. The molecule has 1 aromatic rings. The average molecular weight is 207 g/mol. The summed E-state index contributed by atoms with van der Waals surface area (Å²) < 4.78 is 4.73. The summed E-state index contributed by atoms with van der Waals surface area (Å²) in [4.78, 5) is 11.1. The molecule has 1 N–H and O–H groups in total. The van der Waals surface area contributed by atoms with Crippen LogP contribution in [0.4, 0.5) is 0 Å². The van der Waals surface area contributed by atoms with Crippen LogP contribution in [0.15, 0.2) is 30.3 Å². The van der Waals surface area contributed by atoms with Crippen LogP contribution in [0.25, 0.3) is 0 Å². The number of hydrogen-bond donors (Lipinski definition) is 1. The standard InChI is InChI=1S/C12H17NO2/c1-10(8-13-12(14)9-15-2)11-6-4-3-5-7-11/h3-7,10H,8-9H2,1-2H3,(H,13,14). The van der Waals surface area contributed by atoms with E-state index >= 15 is 0 Å². The van der Waals surface area contributed by atoms with E-state index in [1.807, 2.05) is 18.2 Å². The second-order valence-corrected chi connectivity index (χ2v) is 3.55. The molecule has 1 rings (SSSR count). The quantitative estimate of drug-likeness (QED) is 0.795. The van der Waals surface area contributed by atoms with Gasteiger partial charge in [-0.25, -0.2) is 0 Å². The van der Waals surface area contributed by atoms with Crippen molar-refractivity contribution in [2.45, 2.75) is 12.8 Å². The molecule has 1 aromatic carbocycles. The third-order valence-corrected chi connectivity index (χ3v) is 2.25. The molecule has 3 nitrogen and oxygen atoms in total. The van der Waals surface area contributed by atoms with Crippen molar-refractivity contribution in [3.05, 3.63) is 35.9 Å². The molecule has 1 unspecified atom stereocenters. The Labute approximate surface area is 90.4 Å². The van der Waals surface area contributed by atoms with Crippen molar-refractivity contribution in [3.8, 4) is 0 Å². The van der Waals surface area contributed by atoms with Crippen LogP contribution in [0, 0.1) is 0 Å². The van der Waals surface area contributed by atoms with Crippen molar-refractivity contribution in [1.29, 1.82) is 0 Å². The summed E-state index contributed by atoms with van der Waals surface area (Å²) in [6.07, 6.45) is 0. The number of hydrogen-bond acceptors (Lipinski definition) is 2. The van der Waals surface area contributed by atoms with Gasteiger partial charge in [-0.15, -0.1) is 0 Å². The van der Waals surface area contributed by atoms with Gasteiger partial charge < -0.3 is 10.1 Å². The SMILES string of the molecule is COCC(=O)NCC(C)c1ccccc1. The number of rotatable bonds is 5. The van der Waals surface area contributed by atoms with Crippen LogP contribution < -0.4 is 5.32 Å². The van der Waals surface area contributed by atoms with Gasteiger partial charge in [-0.2, -0.15) is 0 Å². The summed E-state index contributed by atoms with van der Waals surface area (Å²) in [6.45, 7) is 2.86. The number of benzene rings is 1. The van der Waals surface area contributed by atoms with Gasteiger partial charge in [-0.3, -0.25) is 4.79 Å². The Balaban J connectivity index is 2.37. The molecule has 0 bridgehead atoms. The van der Waals surface area contributed by atoms with Crippen LogP contribution in [0.1, 0.15) is 18.4 Å². The smallest absolute Gasteiger partial charge is 0.246 e. The van der Waals surface area contributed by atoms with Crippen LogP contribution in [0.3, 0.4) is 0 Å². The summed E-state index contributed by atoms with van der Waals surface area (Å²) in [5.74, 6) is 0.257. The number of carbonyl (C=O) groups is 1. The molecule has 3 heteroatoms. The Hall–Kier alpha value is -1.35. The van der Waals surface area contributed by atoms with E-state index in [0.29, 0.717) is 12.5 Å². The van der Waals surface area contributed by atoms with E-state index in [-0.39, 0.29) is 12.5 Å². The zero-order chi connectivity index (χ0) is 11.1. The van der Waals surface area contributed by atoms with E-state index in [2.05, 4.69) is 24.4 Å². The Kier molecular flexibility index (Phi) is 4.84. The molecule has 0 spiro atoms. The van der Waals surface area contributed by atoms with Crippen LogP contribution in [0.5, 0.6) is 0 Å². The number of methoxy groups -OCH3 is 1. The molecule has 0 aliphatic carbocycles. The van der Waals surface area contributed by atoms with Crippen LogP contribution in [0.2, 0.25) is 0 Å². The Morgan fingerprint density at radius 1 is 1.40 bits per heavy atom. The molecule has 82 valence electrons. The Bertz CT molecular complexity index is 298. The van der Waals surface area contributed by atoms with Crippen molar-refractivity contribution in [1.82, 2.24) is 5.32 Å². The molecule has 0 aliphatic heterocycles. The molecule has 0 aliphatic rings. The first-order valence-electron chi connectivity index (χ1n) is 5.04. The topological polar surface area (TPSA) is 38.3 Å². The molecular weight excluding hydrogens is 190 g/mol. The highest BCUT2D eigenvalue weighted by atomic mass is 16.5. The normalized spacial score (nSPS) is 12.1. The molecule has 1 atom stereocenters. The van der Waals surface area contributed by atoms with Gasteiger partial charge in [0.2, 0.25) is 5.91 Å². The lowest BCUT2D eigenvalue weighted by molar-refractivity contribution is -0.124. The molecule has 1 amide bonds. The van der Waals surface area contributed by atoms with Crippen molar-refractivity contribution >= 4 is 5.91 Å². The Morgan fingerprint density at radius 2 is 2.07 bits per heavy atom. The van der Waals surface area contributed by atoms with E-state index in [9.17, 15) is 4.79 Å². The predicted octanol–water partition coefficient (Wildman–Crippen LogP) is 1.55. The minimum atomic E-state index is -0.0692. The molecule has 0 saturated heterocycles. The van der Waals surface area contributed by atoms with Crippen LogP contribution >= 0.6 is 0 Å². The molecule has 0 heterocycles. The van der Waals surface area contributed by atoms with Crippen molar-refractivity contribution in [2.24, 2.45) is 0 Å². The van der Waals surface area contributed by atoms with Gasteiger partial charge in [-0.05, 0) is 11.5 Å². The molecule has 15 heavy (non-hydrogen) atoms. The minimum absolute atomic E-state index is 0.0692. The Morgan fingerprint density at radius 3 is 2.67 bits per heavy atom. The number of amides is 1. The van der Waals surface area contributed by atoms with Gasteiger partial charge in [0.15, 0.2) is 0 Å². The fourth-order valence-corrected chi connectivity index (χ4v) is 1.35. The zero-order valence-electron chi connectivity index (χ0n) is 9.19. The van der Waals surface area contributed by atoms with Gasteiger partial charge in [0, 0.05) is 13.7 Å². The molecule has 0 aromatic heterocycles. The second-order valence-electron chi connectivity index (χ2n) is 3.55. The highest BCUT2D eigenvalue weighted by molar-refractivity contribution is 5.77. The lowest BCUT2D eigenvalue weighted by Gasteiger charge is -2.12. The van der Waals surface area contributed by atoms with Gasteiger partial charge >= 0.3 is 0 Å². The zero-order valence-corrected chi connectivity index (χ0v) is 9.19. The number of ether oxygens (including phenoxy) is 1.